The minimum Gasteiger partial charge on any atom is -0.282 e. The monoisotopic (exact) mass is 526 g/mol. The average molecular weight is 526 g/mol. The van der Waals surface area contributed by atoms with Gasteiger partial charge in [0, 0.05) is 29.1 Å². The zero-order valence-electron chi connectivity index (χ0n) is 17.6. The van der Waals surface area contributed by atoms with Gasteiger partial charge in [0.25, 0.3) is 10.1 Å². The molecule has 0 bridgehead atoms. The van der Waals surface area contributed by atoms with Crippen molar-refractivity contribution in [3.63, 3.8) is 0 Å². The van der Waals surface area contributed by atoms with Gasteiger partial charge in [-0.25, -0.2) is 9.97 Å². The van der Waals surface area contributed by atoms with Crippen molar-refractivity contribution in [2.45, 2.75) is 17.2 Å². The Hall–Kier alpha value is -3.91. The van der Waals surface area contributed by atoms with Gasteiger partial charge < -0.3 is 0 Å². The zero-order valence-corrected chi connectivity index (χ0v) is 18.4. The number of benzene rings is 1. The highest BCUT2D eigenvalue weighted by atomic mass is 32.2. The van der Waals surface area contributed by atoms with Crippen molar-refractivity contribution in [3.8, 4) is 33.9 Å². The molecule has 4 aromatic rings. The number of hydrogen-bond acceptors (Lipinski definition) is 6. The topological polar surface area (TPSA) is 106 Å². The summed E-state index contributed by atoms with van der Waals surface area (Å²) in [5, 5.41) is 0. The lowest BCUT2D eigenvalue weighted by Gasteiger charge is -2.12. The summed E-state index contributed by atoms with van der Waals surface area (Å²) in [5.74, 6) is -0.408. The first-order valence-corrected chi connectivity index (χ1v) is 11.2. The molecular formula is C22H12F6N4O3S. The lowest BCUT2D eigenvalue weighted by Crippen LogP contribution is -2.11. The van der Waals surface area contributed by atoms with E-state index in [0.29, 0.717) is 12.1 Å². The van der Waals surface area contributed by atoms with E-state index in [1.165, 1.54) is 30.5 Å². The van der Waals surface area contributed by atoms with Crippen molar-refractivity contribution in [3.05, 3.63) is 78.4 Å². The second-order valence-electron chi connectivity index (χ2n) is 7.32. The van der Waals surface area contributed by atoms with E-state index in [1.54, 1.807) is 0 Å². The van der Waals surface area contributed by atoms with E-state index >= 15 is 0 Å². The third kappa shape index (κ3) is 5.49. The summed E-state index contributed by atoms with van der Waals surface area (Å²) in [6.07, 6.45) is -7.64. The van der Waals surface area contributed by atoms with Crippen LogP contribution in [-0.4, -0.2) is 32.9 Å². The fourth-order valence-electron chi connectivity index (χ4n) is 3.13. The molecule has 4 rings (SSSR count). The van der Waals surface area contributed by atoms with Crippen molar-refractivity contribution in [1.29, 1.82) is 0 Å². The van der Waals surface area contributed by atoms with Crippen molar-refractivity contribution < 1.29 is 39.3 Å². The Kier molecular flexibility index (Phi) is 6.26. The van der Waals surface area contributed by atoms with Crippen LogP contribution in [0.2, 0.25) is 0 Å². The highest BCUT2D eigenvalue weighted by Crippen LogP contribution is 2.34. The first kappa shape index (κ1) is 25.2. The Morgan fingerprint density at radius 1 is 0.694 bits per heavy atom. The van der Waals surface area contributed by atoms with Crippen LogP contribution in [0.1, 0.15) is 11.4 Å². The summed E-state index contributed by atoms with van der Waals surface area (Å²) in [7, 11) is -4.52. The van der Waals surface area contributed by atoms with E-state index in [2.05, 4.69) is 19.9 Å². The quantitative estimate of drug-likeness (QED) is 0.275. The van der Waals surface area contributed by atoms with E-state index in [-0.39, 0.29) is 28.1 Å². The summed E-state index contributed by atoms with van der Waals surface area (Å²) in [6.45, 7) is 0. The van der Waals surface area contributed by atoms with Gasteiger partial charge in [0.05, 0.1) is 16.3 Å². The molecule has 0 amide bonds. The number of aromatic nitrogens is 4. The Morgan fingerprint density at radius 2 is 1.42 bits per heavy atom. The second-order valence-corrected chi connectivity index (χ2v) is 8.74. The summed E-state index contributed by atoms with van der Waals surface area (Å²) >= 11 is 0. The molecule has 0 spiro atoms. The van der Waals surface area contributed by atoms with Crippen LogP contribution >= 0.6 is 0 Å². The van der Waals surface area contributed by atoms with Gasteiger partial charge in [-0.15, -0.1) is 0 Å². The maximum atomic E-state index is 13.6. The van der Waals surface area contributed by atoms with Crippen LogP contribution in [-0.2, 0) is 22.5 Å². The number of nitrogens with zero attached hydrogens (tertiary/aromatic N) is 4. The minimum atomic E-state index is -4.90. The first-order chi connectivity index (χ1) is 16.7. The Bertz CT molecular complexity index is 1540. The Morgan fingerprint density at radius 3 is 2.03 bits per heavy atom. The smallest absolute Gasteiger partial charge is 0.282 e. The van der Waals surface area contributed by atoms with Gasteiger partial charge in [0.2, 0.25) is 0 Å². The van der Waals surface area contributed by atoms with Crippen LogP contribution in [0.5, 0.6) is 0 Å². The van der Waals surface area contributed by atoms with Gasteiger partial charge in [-0.1, -0.05) is 12.1 Å². The SMILES string of the molecule is O=S(=O)(O)c1cccc(-c2cc(-c3nc(-c4ccc(C(F)(F)F)nc4)cc(C(F)(F)F)n3)ccn2)c1. The number of rotatable bonds is 4. The van der Waals surface area contributed by atoms with Gasteiger partial charge in [-0.3, -0.25) is 14.5 Å². The first-order valence-electron chi connectivity index (χ1n) is 9.76. The largest absolute Gasteiger partial charge is 0.433 e. The molecule has 14 heteroatoms. The Labute approximate surface area is 199 Å². The molecule has 0 saturated carbocycles. The average Bonchev–Trinajstić information content (AvgIpc) is 2.82. The fourth-order valence-corrected chi connectivity index (χ4v) is 3.65. The van der Waals surface area contributed by atoms with Crippen molar-refractivity contribution in [1.82, 2.24) is 19.9 Å². The lowest BCUT2D eigenvalue weighted by atomic mass is 10.1. The molecule has 7 nitrogen and oxygen atoms in total. The van der Waals surface area contributed by atoms with Crippen LogP contribution in [0, 0.1) is 0 Å². The van der Waals surface area contributed by atoms with Crippen LogP contribution in [0.3, 0.4) is 0 Å². The summed E-state index contributed by atoms with van der Waals surface area (Å²) in [5.41, 5.74) is -2.56. The van der Waals surface area contributed by atoms with Crippen molar-refractivity contribution in [2.75, 3.05) is 0 Å². The molecule has 0 unspecified atom stereocenters. The van der Waals surface area contributed by atoms with Gasteiger partial charge in [0.15, 0.2) is 5.82 Å². The molecule has 0 aliphatic rings. The molecule has 0 aliphatic carbocycles. The molecule has 186 valence electrons. The normalized spacial score (nSPS) is 12.5. The second kappa shape index (κ2) is 8.95. The number of pyridine rings is 2. The molecular weight excluding hydrogens is 514 g/mol. The van der Waals surface area contributed by atoms with Gasteiger partial charge >= 0.3 is 12.4 Å². The fraction of sp³-hybridized carbons (Fsp3) is 0.0909. The molecule has 3 aromatic heterocycles. The predicted octanol–water partition coefficient (Wildman–Crippen LogP) is 5.55. The summed E-state index contributed by atoms with van der Waals surface area (Å²) in [6, 6.07) is 9.82. The van der Waals surface area contributed by atoms with Gasteiger partial charge in [-0.2, -0.15) is 34.8 Å². The summed E-state index contributed by atoms with van der Waals surface area (Å²) in [4.78, 5) is 14.5. The number of hydrogen-bond donors (Lipinski definition) is 1. The van der Waals surface area contributed by atoms with Crippen LogP contribution < -0.4 is 0 Å². The minimum absolute atomic E-state index is 0.0597. The maximum absolute atomic E-state index is 13.6. The van der Waals surface area contributed by atoms with Crippen molar-refractivity contribution in [2.24, 2.45) is 0 Å². The van der Waals surface area contributed by atoms with E-state index in [4.69, 9.17) is 0 Å². The highest BCUT2D eigenvalue weighted by molar-refractivity contribution is 7.85. The van der Waals surface area contributed by atoms with Crippen molar-refractivity contribution >= 4 is 10.1 Å². The molecule has 0 fully saturated rings. The number of alkyl halides is 6. The van der Waals surface area contributed by atoms with E-state index in [1.807, 2.05) is 0 Å². The van der Waals surface area contributed by atoms with Crippen LogP contribution in [0.4, 0.5) is 26.3 Å². The molecule has 0 atom stereocenters. The molecule has 0 saturated heterocycles. The van der Waals surface area contributed by atoms with Crippen LogP contribution in [0.25, 0.3) is 33.9 Å². The molecule has 0 radical (unpaired) electrons. The molecule has 0 aliphatic heterocycles. The number of halogens is 6. The van der Waals surface area contributed by atoms with E-state index in [0.717, 1.165) is 24.4 Å². The van der Waals surface area contributed by atoms with Gasteiger partial charge in [-0.05, 0) is 42.5 Å². The maximum Gasteiger partial charge on any atom is 0.433 e. The molecule has 3 heterocycles. The molecule has 1 N–H and O–H groups in total. The lowest BCUT2D eigenvalue weighted by molar-refractivity contribution is -0.141. The Balaban J connectivity index is 1.82. The van der Waals surface area contributed by atoms with Crippen LogP contribution in [0.15, 0.2) is 71.9 Å². The van der Waals surface area contributed by atoms with E-state index < -0.39 is 44.6 Å². The summed E-state index contributed by atoms with van der Waals surface area (Å²) < 4.78 is 111. The standard InChI is InChI=1S/C22H12F6N4O3S/c23-21(24,25)18-5-4-14(11-30-18)17-10-19(22(26,27)28)32-20(31-17)13-6-7-29-16(9-13)12-2-1-3-15(8-12)36(33,34)35/h1-11H,(H,33,34,35). The molecule has 36 heavy (non-hydrogen) atoms. The highest BCUT2D eigenvalue weighted by Gasteiger charge is 2.35. The zero-order chi connectivity index (χ0) is 26.3. The predicted molar refractivity (Wildman–Crippen MR) is 114 cm³/mol. The van der Waals surface area contributed by atoms with E-state index in [9.17, 15) is 39.3 Å². The third-order valence-electron chi connectivity index (χ3n) is 4.81. The molecule has 1 aromatic carbocycles. The third-order valence-corrected chi connectivity index (χ3v) is 5.66. The van der Waals surface area contributed by atoms with Gasteiger partial charge in [0.1, 0.15) is 11.4 Å².